The summed E-state index contributed by atoms with van der Waals surface area (Å²) in [4.78, 5) is 12.4. The van der Waals surface area contributed by atoms with E-state index in [1.807, 2.05) is 36.7 Å². The van der Waals surface area contributed by atoms with Crippen molar-refractivity contribution in [2.75, 3.05) is 5.32 Å². The van der Waals surface area contributed by atoms with Crippen LogP contribution in [0.1, 0.15) is 18.3 Å². The van der Waals surface area contributed by atoms with Crippen LogP contribution in [0.4, 0.5) is 5.69 Å². The summed E-state index contributed by atoms with van der Waals surface area (Å²) in [5, 5.41) is 12.4. The van der Waals surface area contributed by atoms with E-state index in [0.29, 0.717) is 11.4 Å². The van der Waals surface area contributed by atoms with E-state index < -0.39 is 0 Å². The number of nitrogens with one attached hydrogen (secondary N) is 1. The zero-order chi connectivity index (χ0) is 18.5. The Hall–Kier alpha value is -2.31. The molecule has 1 aromatic heterocycles. The van der Waals surface area contributed by atoms with Gasteiger partial charge in [-0.1, -0.05) is 53.7 Å². The van der Waals surface area contributed by atoms with E-state index in [-0.39, 0.29) is 11.2 Å². The molecular weight excluding hydrogens is 368 g/mol. The molecular formula is C19H19ClN4OS. The average Bonchev–Trinajstić information content (AvgIpc) is 2.98. The molecule has 3 rings (SSSR count). The number of rotatable bonds is 6. The highest BCUT2D eigenvalue weighted by Crippen LogP contribution is 2.23. The number of amides is 1. The number of aromatic nitrogens is 3. The van der Waals surface area contributed by atoms with Gasteiger partial charge in [-0.25, -0.2) is 0 Å². The smallest absolute Gasteiger partial charge is 0.237 e. The Labute approximate surface area is 161 Å². The zero-order valence-electron chi connectivity index (χ0n) is 14.5. The second-order valence-electron chi connectivity index (χ2n) is 5.88. The van der Waals surface area contributed by atoms with E-state index in [0.717, 1.165) is 16.7 Å². The minimum Gasteiger partial charge on any atom is -0.325 e. The fourth-order valence-corrected chi connectivity index (χ4v) is 3.33. The van der Waals surface area contributed by atoms with Gasteiger partial charge in [0.15, 0.2) is 5.16 Å². The van der Waals surface area contributed by atoms with Gasteiger partial charge in [0.1, 0.15) is 5.82 Å². The predicted molar refractivity (Wildman–Crippen MR) is 106 cm³/mol. The first kappa shape index (κ1) is 18.5. The molecule has 0 bridgehead atoms. The molecule has 26 heavy (non-hydrogen) atoms. The van der Waals surface area contributed by atoms with Crippen molar-refractivity contribution < 1.29 is 4.79 Å². The van der Waals surface area contributed by atoms with Crippen LogP contribution in [0.15, 0.2) is 59.8 Å². The number of anilines is 1. The quantitative estimate of drug-likeness (QED) is 0.645. The molecule has 1 heterocycles. The summed E-state index contributed by atoms with van der Waals surface area (Å²) < 4.78 is 1.93. The molecule has 0 aliphatic heterocycles. The van der Waals surface area contributed by atoms with Crippen LogP contribution < -0.4 is 5.32 Å². The minimum absolute atomic E-state index is 0.0927. The van der Waals surface area contributed by atoms with Gasteiger partial charge in [0.25, 0.3) is 0 Å². The van der Waals surface area contributed by atoms with Crippen LogP contribution >= 0.6 is 23.4 Å². The average molecular weight is 387 g/mol. The molecule has 0 saturated heterocycles. The predicted octanol–water partition coefficient (Wildman–Crippen LogP) is 4.18. The zero-order valence-corrected chi connectivity index (χ0v) is 16.1. The van der Waals surface area contributed by atoms with Gasteiger partial charge in [0.05, 0.1) is 5.25 Å². The summed E-state index contributed by atoms with van der Waals surface area (Å²) >= 11 is 7.24. The van der Waals surface area contributed by atoms with Crippen molar-refractivity contribution in [1.82, 2.24) is 14.8 Å². The molecule has 7 heteroatoms. The third-order valence-corrected chi connectivity index (χ3v) is 5.28. The molecule has 5 nitrogen and oxygen atoms in total. The lowest BCUT2D eigenvalue weighted by molar-refractivity contribution is -0.115. The minimum atomic E-state index is -0.307. The Morgan fingerprint density at radius 1 is 1.15 bits per heavy atom. The van der Waals surface area contributed by atoms with Crippen molar-refractivity contribution >= 4 is 35.0 Å². The Balaban J connectivity index is 1.63. The molecule has 0 unspecified atom stereocenters. The Bertz CT molecular complexity index is 880. The van der Waals surface area contributed by atoms with Crippen molar-refractivity contribution in [3.8, 4) is 0 Å². The standard InChI is InChI=1S/C19H19ClN4OS/c1-13(18(25)21-16-10-8-15(20)9-11-16)26-19-23-22-17(24(19)2)12-14-6-4-3-5-7-14/h3-11,13H,12H2,1-2H3,(H,21,25)/t13-/m0/s1. The fraction of sp³-hybridized carbons (Fsp3) is 0.211. The van der Waals surface area contributed by atoms with Crippen LogP contribution in [-0.4, -0.2) is 25.9 Å². The van der Waals surface area contributed by atoms with Crippen LogP contribution in [0.25, 0.3) is 0 Å². The summed E-state index contributed by atoms with van der Waals surface area (Å²) in [5.41, 5.74) is 1.89. The number of halogens is 1. The van der Waals surface area contributed by atoms with Gasteiger partial charge in [0, 0.05) is 24.2 Å². The van der Waals surface area contributed by atoms with Gasteiger partial charge in [-0.2, -0.15) is 0 Å². The third-order valence-electron chi connectivity index (χ3n) is 3.89. The second-order valence-corrected chi connectivity index (χ2v) is 7.62. The van der Waals surface area contributed by atoms with Crippen LogP contribution in [0, 0.1) is 0 Å². The summed E-state index contributed by atoms with van der Waals surface area (Å²) in [5.74, 6) is 0.772. The lowest BCUT2D eigenvalue weighted by Gasteiger charge is -2.11. The Morgan fingerprint density at radius 3 is 2.54 bits per heavy atom. The normalized spacial score (nSPS) is 12.0. The first-order valence-corrected chi connectivity index (χ1v) is 9.44. The van der Waals surface area contributed by atoms with E-state index in [2.05, 4.69) is 27.6 Å². The molecule has 1 atom stereocenters. The largest absolute Gasteiger partial charge is 0.325 e. The highest BCUT2D eigenvalue weighted by molar-refractivity contribution is 8.00. The molecule has 1 amide bonds. The highest BCUT2D eigenvalue weighted by Gasteiger charge is 2.19. The van der Waals surface area contributed by atoms with Crippen LogP contribution in [0.3, 0.4) is 0 Å². The summed E-state index contributed by atoms with van der Waals surface area (Å²) in [7, 11) is 1.92. The summed E-state index contributed by atoms with van der Waals surface area (Å²) in [6, 6.07) is 17.2. The maximum atomic E-state index is 12.4. The molecule has 0 saturated carbocycles. The molecule has 134 valence electrons. The molecule has 1 N–H and O–H groups in total. The first-order valence-electron chi connectivity index (χ1n) is 8.18. The Morgan fingerprint density at radius 2 is 1.85 bits per heavy atom. The van der Waals surface area contributed by atoms with Gasteiger partial charge < -0.3 is 9.88 Å². The summed E-state index contributed by atoms with van der Waals surface area (Å²) in [6.45, 7) is 1.85. The van der Waals surface area contributed by atoms with Crippen LogP contribution in [-0.2, 0) is 18.3 Å². The molecule has 0 aliphatic carbocycles. The lowest BCUT2D eigenvalue weighted by atomic mass is 10.1. The molecule has 3 aromatic rings. The Kier molecular flexibility index (Phi) is 5.96. The maximum absolute atomic E-state index is 12.4. The first-order chi connectivity index (χ1) is 12.5. The van der Waals surface area contributed by atoms with Gasteiger partial charge in [-0.15, -0.1) is 10.2 Å². The van der Waals surface area contributed by atoms with Gasteiger partial charge in [-0.05, 0) is 36.8 Å². The number of hydrogen-bond donors (Lipinski definition) is 1. The number of benzene rings is 2. The van der Waals surface area contributed by atoms with E-state index in [9.17, 15) is 4.79 Å². The number of carbonyl (C=O) groups excluding carboxylic acids is 1. The topological polar surface area (TPSA) is 59.8 Å². The maximum Gasteiger partial charge on any atom is 0.237 e. The number of carbonyl (C=O) groups is 1. The molecule has 2 aromatic carbocycles. The van der Waals surface area contributed by atoms with E-state index in [4.69, 9.17) is 11.6 Å². The monoisotopic (exact) mass is 386 g/mol. The van der Waals surface area contributed by atoms with Gasteiger partial charge in [-0.3, -0.25) is 4.79 Å². The number of nitrogens with zero attached hydrogens (tertiary/aromatic N) is 3. The SMILES string of the molecule is C[C@H](Sc1nnc(Cc2ccccc2)n1C)C(=O)Nc1ccc(Cl)cc1. The van der Waals surface area contributed by atoms with Crippen molar-refractivity contribution in [1.29, 1.82) is 0 Å². The lowest BCUT2D eigenvalue weighted by Crippen LogP contribution is -2.22. The van der Waals surface area contributed by atoms with E-state index in [1.54, 1.807) is 24.3 Å². The molecule has 0 fully saturated rings. The van der Waals surface area contributed by atoms with Crippen molar-refractivity contribution in [2.24, 2.45) is 7.05 Å². The summed E-state index contributed by atoms with van der Waals surface area (Å²) in [6.07, 6.45) is 0.705. The van der Waals surface area contributed by atoms with Gasteiger partial charge in [0.2, 0.25) is 5.91 Å². The third kappa shape index (κ3) is 4.65. The van der Waals surface area contributed by atoms with Crippen LogP contribution in [0.2, 0.25) is 5.02 Å². The van der Waals surface area contributed by atoms with Crippen LogP contribution in [0.5, 0.6) is 0 Å². The second kappa shape index (κ2) is 8.38. The molecule has 0 spiro atoms. The van der Waals surface area contributed by atoms with E-state index >= 15 is 0 Å². The number of thioether (sulfide) groups is 1. The molecule has 0 aliphatic rings. The van der Waals surface area contributed by atoms with E-state index in [1.165, 1.54) is 17.3 Å². The molecule has 0 radical (unpaired) electrons. The van der Waals surface area contributed by atoms with Crippen molar-refractivity contribution in [3.05, 3.63) is 71.0 Å². The number of hydrogen-bond acceptors (Lipinski definition) is 4. The fourth-order valence-electron chi connectivity index (χ4n) is 2.37. The van der Waals surface area contributed by atoms with Crippen molar-refractivity contribution in [2.45, 2.75) is 23.8 Å². The van der Waals surface area contributed by atoms with Gasteiger partial charge >= 0.3 is 0 Å². The highest BCUT2D eigenvalue weighted by atomic mass is 35.5. The van der Waals surface area contributed by atoms with Crippen molar-refractivity contribution in [3.63, 3.8) is 0 Å².